The summed E-state index contributed by atoms with van der Waals surface area (Å²) in [6.45, 7) is 6.24. The molecule has 96 valence electrons. The van der Waals surface area contributed by atoms with E-state index >= 15 is 0 Å². The number of fused-ring (bicyclic) bond motifs is 1. The maximum Gasteiger partial charge on any atom is 0.0245 e. The maximum absolute atomic E-state index is 3.45. The Bertz CT molecular complexity index is 347. The molecule has 4 heteroatoms. The van der Waals surface area contributed by atoms with Crippen LogP contribution in [-0.2, 0) is 13.0 Å². The van der Waals surface area contributed by atoms with Crippen LogP contribution in [0.1, 0.15) is 23.3 Å². The first-order valence-electron chi connectivity index (χ1n) is 6.40. The highest BCUT2D eigenvalue weighted by Gasteiger charge is 2.21. The van der Waals surface area contributed by atoms with Crippen molar-refractivity contribution in [2.75, 3.05) is 26.2 Å². The molecule has 1 aromatic heterocycles. The number of nitrogens with one attached hydrogen (secondary N) is 1. The van der Waals surface area contributed by atoms with Crippen LogP contribution in [0.3, 0.4) is 0 Å². The van der Waals surface area contributed by atoms with E-state index in [1.165, 1.54) is 52.0 Å². The highest BCUT2D eigenvalue weighted by Crippen LogP contribution is 2.25. The number of hydrogen-bond acceptors (Lipinski definition) is 3. The molecule has 0 atom stereocenters. The molecule has 3 rings (SSSR count). The molecule has 0 amide bonds. The lowest BCUT2D eigenvalue weighted by molar-refractivity contribution is 0.192. The normalized spacial score (nSPS) is 21.9. The van der Waals surface area contributed by atoms with E-state index in [-0.39, 0.29) is 12.4 Å². The highest BCUT2D eigenvalue weighted by atomic mass is 35.5. The largest absolute Gasteiger partial charge is 0.317 e. The minimum atomic E-state index is 0. The van der Waals surface area contributed by atoms with E-state index in [1.54, 1.807) is 10.4 Å². The molecule has 17 heavy (non-hydrogen) atoms. The standard InChI is InChI=1S/C13H20N2S.ClH/c1-5-14-6-2-11(1)9-15-7-3-13-12(10-15)4-8-16-13;/h4,8,11,14H,1-3,5-7,9-10H2;1H. The van der Waals surface area contributed by atoms with Crippen molar-refractivity contribution < 1.29 is 0 Å². The predicted octanol–water partition coefficient (Wildman–Crippen LogP) is 2.53. The zero-order chi connectivity index (χ0) is 10.8. The number of nitrogens with zero attached hydrogens (tertiary/aromatic N) is 1. The Morgan fingerprint density at radius 3 is 3.00 bits per heavy atom. The van der Waals surface area contributed by atoms with Crippen molar-refractivity contribution in [2.45, 2.75) is 25.8 Å². The Morgan fingerprint density at radius 1 is 1.35 bits per heavy atom. The van der Waals surface area contributed by atoms with Crippen LogP contribution in [0.2, 0.25) is 0 Å². The van der Waals surface area contributed by atoms with Gasteiger partial charge in [0.15, 0.2) is 0 Å². The fourth-order valence-electron chi connectivity index (χ4n) is 2.89. The number of rotatable bonds is 2. The summed E-state index contributed by atoms with van der Waals surface area (Å²) >= 11 is 1.94. The monoisotopic (exact) mass is 272 g/mol. The summed E-state index contributed by atoms with van der Waals surface area (Å²) in [5.41, 5.74) is 1.59. The summed E-state index contributed by atoms with van der Waals surface area (Å²) in [7, 11) is 0. The van der Waals surface area contributed by atoms with Crippen molar-refractivity contribution >= 4 is 23.7 Å². The Hall–Kier alpha value is -0.0900. The molecular formula is C13H21ClN2S. The average molecular weight is 273 g/mol. The molecule has 0 spiro atoms. The van der Waals surface area contributed by atoms with Gasteiger partial charge < -0.3 is 5.32 Å². The minimum absolute atomic E-state index is 0. The molecule has 0 aliphatic carbocycles. The molecule has 1 fully saturated rings. The van der Waals surface area contributed by atoms with Crippen LogP contribution in [0.25, 0.3) is 0 Å². The molecule has 0 aromatic carbocycles. The zero-order valence-corrected chi connectivity index (χ0v) is 11.8. The van der Waals surface area contributed by atoms with Gasteiger partial charge in [-0.15, -0.1) is 23.7 Å². The van der Waals surface area contributed by atoms with Gasteiger partial charge in [0.05, 0.1) is 0 Å². The van der Waals surface area contributed by atoms with Crippen LogP contribution in [0, 0.1) is 5.92 Å². The minimum Gasteiger partial charge on any atom is -0.317 e. The molecular weight excluding hydrogens is 252 g/mol. The first-order chi connectivity index (χ1) is 7.92. The molecule has 1 saturated heterocycles. The topological polar surface area (TPSA) is 15.3 Å². The van der Waals surface area contributed by atoms with E-state index in [4.69, 9.17) is 0 Å². The second-order valence-corrected chi connectivity index (χ2v) is 6.05. The molecule has 1 N–H and O–H groups in total. The molecule has 1 aromatic rings. The van der Waals surface area contributed by atoms with Crippen molar-refractivity contribution in [1.82, 2.24) is 10.2 Å². The van der Waals surface area contributed by atoms with Gasteiger partial charge in [0.1, 0.15) is 0 Å². The van der Waals surface area contributed by atoms with Crippen LogP contribution in [0.5, 0.6) is 0 Å². The van der Waals surface area contributed by atoms with E-state index in [9.17, 15) is 0 Å². The Morgan fingerprint density at radius 2 is 2.18 bits per heavy atom. The van der Waals surface area contributed by atoms with Crippen LogP contribution in [0.15, 0.2) is 11.4 Å². The van der Waals surface area contributed by atoms with E-state index in [0.29, 0.717) is 0 Å². The molecule has 0 saturated carbocycles. The lowest BCUT2D eigenvalue weighted by Crippen LogP contribution is -2.38. The lowest BCUT2D eigenvalue weighted by Gasteiger charge is -2.32. The Labute approximate surface area is 114 Å². The molecule has 0 radical (unpaired) electrons. The molecule has 0 unspecified atom stereocenters. The summed E-state index contributed by atoms with van der Waals surface area (Å²) < 4.78 is 0. The van der Waals surface area contributed by atoms with Crippen LogP contribution < -0.4 is 5.32 Å². The Balaban J connectivity index is 0.00000108. The van der Waals surface area contributed by atoms with E-state index in [1.807, 2.05) is 11.3 Å². The van der Waals surface area contributed by atoms with Crippen LogP contribution in [-0.4, -0.2) is 31.1 Å². The van der Waals surface area contributed by atoms with Crippen molar-refractivity contribution in [2.24, 2.45) is 5.92 Å². The maximum atomic E-state index is 3.45. The number of thiophene rings is 1. The molecule has 2 nitrogen and oxygen atoms in total. The van der Waals surface area contributed by atoms with Crippen molar-refractivity contribution in [3.63, 3.8) is 0 Å². The number of piperidine rings is 1. The van der Waals surface area contributed by atoms with Gasteiger partial charge >= 0.3 is 0 Å². The number of halogens is 1. The SMILES string of the molecule is Cl.c1cc2c(s1)CCN(CC1CCNCC1)C2. The lowest BCUT2D eigenvalue weighted by atomic mass is 9.96. The third kappa shape index (κ3) is 3.22. The zero-order valence-electron chi connectivity index (χ0n) is 10.2. The third-order valence-electron chi connectivity index (χ3n) is 3.86. The quantitative estimate of drug-likeness (QED) is 0.890. The second-order valence-electron chi connectivity index (χ2n) is 5.05. The summed E-state index contributed by atoms with van der Waals surface area (Å²) in [5, 5.41) is 5.70. The first-order valence-corrected chi connectivity index (χ1v) is 7.28. The van der Waals surface area contributed by atoms with Crippen molar-refractivity contribution in [3.05, 3.63) is 21.9 Å². The fraction of sp³-hybridized carbons (Fsp3) is 0.692. The van der Waals surface area contributed by atoms with Gasteiger partial charge in [-0.05, 0) is 55.3 Å². The smallest absolute Gasteiger partial charge is 0.0245 e. The van der Waals surface area contributed by atoms with Gasteiger partial charge in [0.2, 0.25) is 0 Å². The summed E-state index contributed by atoms with van der Waals surface area (Å²) in [4.78, 5) is 4.28. The van der Waals surface area contributed by atoms with Gasteiger partial charge in [0.25, 0.3) is 0 Å². The van der Waals surface area contributed by atoms with E-state index in [2.05, 4.69) is 21.7 Å². The fourth-order valence-corrected chi connectivity index (χ4v) is 3.78. The van der Waals surface area contributed by atoms with Gasteiger partial charge in [0, 0.05) is 24.5 Å². The van der Waals surface area contributed by atoms with E-state index < -0.39 is 0 Å². The van der Waals surface area contributed by atoms with Crippen LogP contribution >= 0.6 is 23.7 Å². The summed E-state index contributed by atoms with van der Waals surface area (Å²) in [6.07, 6.45) is 4.01. The third-order valence-corrected chi connectivity index (χ3v) is 4.88. The van der Waals surface area contributed by atoms with Gasteiger partial charge in [-0.3, -0.25) is 4.90 Å². The van der Waals surface area contributed by atoms with Gasteiger partial charge in [-0.2, -0.15) is 0 Å². The molecule has 0 bridgehead atoms. The molecule has 2 aliphatic heterocycles. The second kappa shape index (κ2) is 6.19. The average Bonchev–Trinajstić information content (AvgIpc) is 2.77. The predicted molar refractivity (Wildman–Crippen MR) is 76.1 cm³/mol. The summed E-state index contributed by atoms with van der Waals surface area (Å²) in [5.74, 6) is 0.932. The van der Waals surface area contributed by atoms with Gasteiger partial charge in [-0.1, -0.05) is 0 Å². The Kier molecular flexibility index (Phi) is 4.86. The number of hydrogen-bond donors (Lipinski definition) is 1. The highest BCUT2D eigenvalue weighted by molar-refractivity contribution is 7.10. The summed E-state index contributed by atoms with van der Waals surface area (Å²) in [6, 6.07) is 2.31. The molecule has 2 aliphatic rings. The van der Waals surface area contributed by atoms with Crippen molar-refractivity contribution in [1.29, 1.82) is 0 Å². The van der Waals surface area contributed by atoms with Crippen molar-refractivity contribution in [3.8, 4) is 0 Å². The van der Waals surface area contributed by atoms with Gasteiger partial charge in [-0.25, -0.2) is 0 Å². The van der Waals surface area contributed by atoms with Crippen LogP contribution in [0.4, 0.5) is 0 Å². The molecule has 3 heterocycles. The first kappa shape index (κ1) is 13.3. The van der Waals surface area contributed by atoms with E-state index in [0.717, 1.165) is 5.92 Å².